The van der Waals surface area contributed by atoms with Crippen molar-refractivity contribution in [3.05, 3.63) is 39.7 Å². The highest BCUT2D eigenvalue weighted by molar-refractivity contribution is 5.95. The minimum absolute atomic E-state index is 0.181. The van der Waals surface area contributed by atoms with Gasteiger partial charge in [-0.1, -0.05) is 0 Å². The summed E-state index contributed by atoms with van der Waals surface area (Å²) in [7, 11) is 0. The largest absolute Gasteiger partial charge is 0.379 e. The van der Waals surface area contributed by atoms with Crippen LogP contribution >= 0.6 is 0 Å². The molecule has 1 heterocycles. The summed E-state index contributed by atoms with van der Waals surface area (Å²) in [5, 5.41) is 13.2. The Bertz CT molecular complexity index is 501. The summed E-state index contributed by atoms with van der Waals surface area (Å²) in [6.07, 6.45) is 1.57. The molecule has 2 rings (SSSR count). The zero-order valence-corrected chi connectivity index (χ0v) is 10.1. The van der Waals surface area contributed by atoms with Crippen molar-refractivity contribution in [3.8, 4) is 0 Å². The van der Waals surface area contributed by atoms with Gasteiger partial charge in [0.1, 0.15) is 5.82 Å². The second-order valence-electron chi connectivity index (χ2n) is 4.31. The van der Waals surface area contributed by atoms with Crippen molar-refractivity contribution in [3.63, 3.8) is 0 Å². The normalized spacial score (nSPS) is 18.9. The number of ether oxygens (including phenoxy) is 1. The van der Waals surface area contributed by atoms with Gasteiger partial charge in [0.15, 0.2) is 0 Å². The number of hydrogen-bond acceptors (Lipinski definition) is 4. The maximum absolute atomic E-state index is 13.5. The monoisotopic (exact) mass is 268 g/mol. The molecule has 1 N–H and O–H groups in total. The van der Waals surface area contributed by atoms with Crippen molar-refractivity contribution < 1.29 is 18.8 Å². The molecule has 1 aliphatic rings. The minimum Gasteiger partial charge on any atom is -0.379 e. The van der Waals surface area contributed by atoms with Gasteiger partial charge in [0.05, 0.1) is 23.1 Å². The Kier molecular flexibility index (Phi) is 4.06. The summed E-state index contributed by atoms with van der Waals surface area (Å²) in [5.74, 6) is -1.43. The van der Waals surface area contributed by atoms with Crippen LogP contribution < -0.4 is 5.32 Å². The third-order valence-corrected chi connectivity index (χ3v) is 2.90. The van der Waals surface area contributed by atoms with Crippen LogP contribution in [0.4, 0.5) is 10.1 Å². The van der Waals surface area contributed by atoms with E-state index in [4.69, 9.17) is 4.74 Å². The number of carbonyl (C=O) groups is 1. The average Bonchev–Trinajstić information content (AvgIpc) is 2.40. The lowest BCUT2D eigenvalue weighted by Crippen LogP contribution is -2.40. The van der Waals surface area contributed by atoms with Gasteiger partial charge >= 0.3 is 0 Å². The fraction of sp³-hybridized carbons (Fsp3) is 0.417. The summed E-state index contributed by atoms with van der Waals surface area (Å²) in [5.41, 5.74) is -0.633. The highest BCUT2D eigenvalue weighted by atomic mass is 19.1. The van der Waals surface area contributed by atoms with Gasteiger partial charge in [-0.05, 0) is 18.9 Å². The molecule has 1 aromatic carbocycles. The number of benzene rings is 1. The molecule has 7 heteroatoms. The minimum atomic E-state index is -0.778. The first-order chi connectivity index (χ1) is 9.08. The van der Waals surface area contributed by atoms with Crippen LogP contribution in [0.1, 0.15) is 23.2 Å². The number of nitrogens with zero attached hydrogens (tertiary/aromatic N) is 1. The van der Waals surface area contributed by atoms with Crippen LogP contribution in [0.2, 0.25) is 0 Å². The van der Waals surface area contributed by atoms with Crippen molar-refractivity contribution >= 4 is 11.6 Å². The fourth-order valence-corrected chi connectivity index (χ4v) is 1.92. The molecule has 1 amide bonds. The van der Waals surface area contributed by atoms with E-state index >= 15 is 0 Å². The molecule has 102 valence electrons. The number of hydrogen-bond donors (Lipinski definition) is 1. The van der Waals surface area contributed by atoms with Crippen LogP contribution in [0.25, 0.3) is 0 Å². The number of nitrogens with one attached hydrogen (secondary N) is 1. The van der Waals surface area contributed by atoms with Crippen LogP contribution in [-0.2, 0) is 4.74 Å². The first kappa shape index (κ1) is 13.4. The quantitative estimate of drug-likeness (QED) is 0.667. The molecule has 1 aliphatic heterocycles. The standard InChI is InChI=1S/C12H13FN2O4/c13-11-4-3-9(15(17)18)6-10(11)12(16)14-8-2-1-5-19-7-8/h3-4,6,8H,1-2,5,7H2,(H,14,16). The molecule has 1 fully saturated rings. The first-order valence-electron chi connectivity index (χ1n) is 5.90. The number of nitro benzene ring substituents is 1. The van der Waals surface area contributed by atoms with E-state index in [1.165, 1.54) is 0 Å². The number of non-ortho nitro benzene ring substituents is 1. The third kappa shape index (κ3) is 3.25. The van der Waals surface area contributed by atoms with E-state index in [2.05, 4.69) is 5.32 Å². The summed E-state index contributed by atoms with van der Waals surface area (Å²) < 4.78 is 18.7. The fourth-order valence-electron chi connectivity index (χ4n) is 1.92. The van der Waals surface area contributed by atoms with Gasteiger partial charge in [0.25, 0.3) is 11.6 Å². The molecule has 19 heavy (non-hydrogen) atoms. The predicted molar refractivity (Wildman–Crippen MR) is 64.4 cm³/mol. The van der Waals surface area contributed by atoms with Gasteiger partial charge in [-0.3, -0.25) is 14.9 Å². The maximum Gasteiger partial charge on any atom is 0.270 e. The second-order valence-corrected chi connectivity index (χ2v) is 4.31. The first-order valence-corrected chi connectivity index (χ1v) is 5.90. The summed E-state index contributed by atoms with van der Waals surface area (Å²) in [4.78, 5) is 21.8. The number of carbonyl (C=O) groups excluding carboxylic acids is 1. The summed E-state index contributed by atoms with van der Waals surface area (Å²) in [6, 6.07) is 2.70. The molecule has 0 spiro atoms. The molecule has 0 aliphatic carbocycles. The lowest BCUT2D eigenvalue weighted by molar-refractivity contribution is -0.384. The molecular weight excluding hydrogens is 255 g/mol. The Morgan fingerprint density at radius 1 is 1.53 bits per heavy atom. The molecule has 1 aromatic rings. The van der Waals surface area contributed by atoms with Crippen molar-refractivity contribution in [1.82, 2.24) is 5.32 Å². The van der Waals surface area contributed by atoms with Crippen molar-refractivity contribution in [2.24, 2.45) is 0 Å². The molecule has 1 saturated heterocycles. The van der Waals surface area contributed by atoms with E-state index in [0.717, 1.165) is 31.0 Å². The average molecular weight is 268 g/mol. The molecule has 0 saturated carbocycles. The van der Waals surface area contributed by atoms with E-state index in [1.54, 1.807) is 0 Å². The van der Waals surface area contributed by atoms with Crippen molar-refractivity contribution in [2.45, 2.75) is 18.9 Å². The Morgan fingerprint density at radius 2 is 2.32 bits per heavy atom. The zero-order chi connectivity index (χ0) is 13.8. The lowest BCUT2D eigenvalue weighted by atomic mass is 10.1. The zero-order valence-electron chi connectivity index (χ0n) is 10.1. The van der Waals surface area contributed by atoms with Crippen LogP contribution in [0, 0.1) is 15.9 Å². The van der Waals surface area contributed by atoms with Gasteiger partial charge in [-0.15, -0.1) is 0 Å². The van der Waals surface area contributed by atoms with Crippen molar-refractivity contribution in [1.29, 1.82) is 0 Å². The number of halogens is 1. The smallest absolute Gasteiger partial charge is 0.270 e. The predicted octanol–water partition coefficient (Wildman–Crippen LogP) is 1.64. The molecule has 0 radical (unpaired) electrons. The Labute approximate surface area is 108 Å². The molecule has 1 unspecified atom stereocenters. The summed E-state index contributed by atoms with van der Waals surface area (Å²) >= 11 is 0. The SMILES string of the molecule is O=C(NC1CCCOC1)c1cc([N+](=O)[O-])ccc1F. The van der Waals surface area contributed by atoms with E-state index in [9.17, 15) is 19.3 Å². The van der Waals surface area contributed by atoms with Gasteiger partial charge < -0.3 is 10.1 Å². The maximum atomic E-state index is 13.5. The number of nitro groups is 1. The second kappa shape index (κ2) is 5.75. The molecule has 0 aromatic heterocycles. The lowest BCUT2D eigenvalue weighted by Gasteiger charge is -2.23. The van der Waals surface area contributed by atoms with Crippen LogP contribution in [0.3, 0.4) is 0 Å². The van der Waals surface area contributed by atoms with E-state index in [-0.39, 0.29) is 17.3 Å². The van der Waals surface area contributed by atoms with E-state index in [0.29, 0.717) is 13.2 Å². The van der Waals surface area contributed by atoms with Gasteiger partial charge in [-0.25, -0.2) is 4.39 Å². The van der Waals surface area contributed by atoms with Crippen LogP contribution in [0.5, 0.6) is 0 Å². The Hall–Kier alpha value is -2.02. The number of rotatable bonds is 3. The highest BCUT2D eigenvalue weighted by Crippen LogP contribution is 2.17. The van der Waals surface area contributed by atoms with E-state index < -0.39 is 16.6 Å². The van der Waals surface area contributed by atoms with Gasteiger partial charge in [0.2, 0.25) is 0 Å². The van der Waals surface area contributed by atoms with Crippen LogP contribution in [-0.4, -0.2) is 30.1 Å². The van der Waals surface area contributed by atoms with Crippen molar-refractivity contribution in [2.75, 3.05) is 13.2 Å². The Balaban J connectivity index is 2.13. The Morgan fingerprint density at radius 3 is 2.95 bits per heavy atom. The molecule has 0 bridgehead atoms. The molecule has 6 nitrogen and oxygen atoms in total. The highest BCUT2D eigenvalue weighted by Gasteiger charge is 2.21. The van der Waals surface area contributed by atoms with E-state index in [1.807, 2.05) is 0 Å². The van der Waals surface area contributed by atoms with Gasteiger partial charge in [-0.2, -0.15) is 0 Å². The molecular formula is C12H13FN2O4. The number of amides is 1. The third-order valence-electron chi connectivity index (χ3n) is 2.90. The van der Waals surface area contributed by atoms with Crippen LogP contribution in [0.15, 0.2) is 18.2 Å². The topological polar surface area (TPSA) is 81.5 Å². The molecule has 1 atom stereocenters. The van der Waals surface area contributed by atoms with Gasteiger partial charge in [0, 0.05) is 18.7 Å². The summed E-state index contributed by atoms with van der Waals surface area (Å²) in [6.45, 7) is 1.03.